The van der Waals surface area contributed by atoms with E-state index in [1.54, 1.807) is 88.2 Å². The third kappa shape index (κ3) is 16.9. The maximum Gasteiger partial charge on any atom is 0.341 e. The second kappa shape index (κ2) is 31.9. The average Bonchev–Trinajstić information content (AvgIpc) is 2.46. The van der Waals surface area contributed by atoms with Crippen LogP contribution in [0.3, 0.4) is 0 Å². The second-order valence-corrected chi connectivity index (χ2v) is 27.1. The first-order chi connectivity index (χ1) is 42.5. The summed E-state index contributed by atoms with van der Waals surface area (Å²) < 4.78 is 16.3. The first-order valence-electron chi connectivity index (χ1n) is 28.0. The number of nitrogens with zero attached hydrogens (tertiary/aromatic N) is 1. The number of thiophene rings is 5. The van der Waals surface area contributed by atoms with Gasteiger partial charge in [0.2, 0.25) is 0 Å². The molecule has 10 aromatic rings. The molecule has 5 N–H and O–H groups in total. The Labute approximate surface area is 568 Å². The first-order valence-corrected chi connectivity index (χ1v) is 33.1. The summed E-state index contributed by atoms with van der Waals surface area (Å²) in [4.78, 5) is 76.6. The molecular formula is C67H63BrN3O12S5Y-. The number of alkyl halides is 1. The largest absolute Gasteiger partial charge is 0.506 e. The number of phenols is 3. The third-order valence-electron chi connectivity index (χ3n) is 14.7. The molecule has 0 saturated carbocycles. The molecular weight excluding hydrogens is 1370 g/mol. The summed E-state index contributed by atoms with van der Waals surface area (Å²) in [6.45, 7) is 9.16. The summed E-state index contributed by atoms with van der Waals surface area (Å²) in [6, 6.07) is 35.8. The summed E-state index contributed by atoms with van der Waals surface area (Å²) >= 11 is 11.2. The number of hydrogen-bond donors (Lipinski definition) is 5. The number of Topliss-reactive ketones (excluding diaryl/α,β-unsaturated/α-hetero) is 2. The van der Waals surface area contributed by atoms with Gasteiger partial charge in [0.1, 0.15) is 22.8 Å². The summed E-state index contributed by atoms with van der Waals surface area (Å²) in [7, 11) is 2.58. The monoisotopic (exact) mass is 1430 g/mol. The molecule has 15 nitrogen and oxygen atoms in total. The van der Waals surface area contributed by atoms with Crippen LogP contribution < -0.4 is 10.6 Å². The van der Waals surface area contributed by atoms with Crippen LogP contribution in [-0.4, -0.2) is 100 Å². The number of ether oxygens (including phenoxy) is 3. The van der Waals surface area contributed by atoms with Gasteiger partial charge >= 0.3 is 11.9 Å². The molecule has 6 heterocycles. The van der Waals surface area contributed by atoms with Crippen molar-refractivity contribution in [1.82, 2.24) is 15.5 Å². The fourth-order valence-corrected chi connectivity index (χ4v) is 14.8. The standard InChI is InChI=1S/C22H24N2O3S.C17H15NO2S.C10H9BrO3S.C10H8O3S.C8H7OS.Y/c1-15-2-4-16(5-3-15)13-23-22(26)18-6-7-20-19(21(18)25)12-17(28-20)14-24-8-10-27-11-9-24;1-11-2-4-12(5-3-11)10-18-17(20)14-6-7-15-13(16(14)19)8-9-21-15;1-14-9(13)10(11)4-2-7-6(8(10)12)3-5-15-7;1-13-10(12)7-2-3-8-6(9(7)11)4-5-14-8;9-7-2-1-3-8-6(7)4-5-10-8;/h2-7,12,25H,8-11,13-14H2,1H3,(H,23,26);2-9,19H,10H2,1H3,(H,18,20);3,5H,2,4H2,1H3;2-5,11H,1H3;2,4-5H,1,3H2;/q;;;;-1;. The number of aromatic hydroxyl groups is 3. The van der Waals surface area contributed by atoms with Crippen LogP contribution in [0.15, 0.2) is 137 Å². The first kappa shape index (κ1) is 68.3. The van der Waals surface area contributed by atoms with Gasteiger partial charge in [-0.15, -0.1) is 57.0 Å². The van der Waals surface area contributed by atoms with E-state index < -0.39 is 16.3 Å². The zero-order valence-electron chi connectivity index (χ0n) is 49.1. The quantitative estimate of drug-likeness (QED) is 0.0373. The fraction of sp³-hybridized carbons (Fsp3) is 0.239. The number of carbonyl (C=O) groups excluding carboxylic acids is 6. The van der Waals surface area contributed by atoms with Gasteiger partial charge in [-0.2, -0.15) is 17.8 Å². The number of rotatable bonds is 10. The van der Waals surface area contributed by atoms with E-state index in [0.717, 1.165) is 98.6 Å². The van der Waals surface area contributed by atoms with Crippen molar-refractivity contribution in [1.29, 1.82) is 0 Å². The van der Waals surface area contributed by atoms with Crippen molar-refractivity contribution < 1.29 is 91.0 Å². The van der Waals surface area contributed by atoms with Gasteiger partial charge in [0, 0.05) is 117 Å². The third-order valence-corrected chi connectivity index (χ3v) is 20.6. The molecule has 1 radical (unpaired) electrons. The van der Waals surface area contributed by atoms with Crippen molar-refractivity contribution in [3.05, 3.63) is 208 Å². The van der Waals surface area contributed by atoms with E-state index in [1.165, 1.54) is 46.4 Å². The molecule has 2 aliphatic carbocycles. The SMILES string of the molecule is COC(=O)C1(Br)CCc2sccc2C1=O.COC(=O)c1ccc2sccc2c1O.Cc1ccc(CNC(=O)c2ccc3sc(CN4CCOCC4)cc3c2O)cc1.Cc1ccc(CNC(=O)c2ccc3sccc3c2O)cc1.O=C1[CH-]CCc2sccc21.[Y]. The summed E-state index contributed by atoms with van der Waals surface area (Å²) in [6.07, 6.45) is 4.95. The number of aryl methyl sites for hydroxylation is 4. The summed E-state index contributed by atoms with van der Waals surface area (Å²) in [5.74, 6) is -1.42. The van der Waals surface area contributed by atoms with Gasteiger partial charge in [0.25, 0.3) is 11.8 Å². The number of esters is 2. The normalized spacial score (nSPS) is 14.9. The Bertz CT molecular complexity index is 4130. The zero-order chi connectivity index (χ0) is 62.5. The molecule has 1 saturated heterocycles. The van der Waals surface area contributed by atoms with Gasteiger partial charge in [-0.1, -0.05) is 86.9 Å². The predicted octanol–water partition coefficient (Wildman–Crippen LogP) is 14.2. The number of methoxy groups -OCH3 is 2. The molecule has 1 unspecified atom stereocenters. The van der Waals surface area contributed by atoms with E-state index in [0.29, 0.717) is 41.6 Å². The summed E-state index contributed by atoms with van der Waals surface area (Å²) in [5.41, 5.74) is 6.84. The maximum absolute atomic E-state index is 12.6. The van der Waals surface area contributed by atoms with Crippen LogP contribution in [0.4, 0.5) is 0 Å². The second-order valence-electron chi connectivity index (χ2n) is 20.6. The summed E-state index contributed by atoms with van der Waals surface area (Å²) in [5, 5.41) is 46.1. The Morgan fingerprint density at radius 3 is 1.65 bits per heavy atom. The maximum atomic E-state index is 12.6. The van der Waals surface area contributed by atoms with E-state index in [2.05, 4.69) is 40.9 Å². The van der Waals surface area contributed by atoms with Crippen LogP contribution in [0.1, 0.15) is 102 Å². The molecule has 1 atom stereocenters. The van der Waals surface area contributed by atoms with Crippen molar-refractivity contribution >= 4 is 138 Å². The number of ketones is 2. The van der Waals surface area contributed by atoms with Crippen molar-refractivity contribution in [3.63, 3.8) is 0 Å². The van der Waals surface area contributed by atoms with Gasteiger partial charge in [0.15, 0.2) is 10.1 Å². The minimum atomic E-state index is -1.17. The molecule has 1 fully saturated rings. The number of fused-ring (bicyclic) bond motifs is 5. The van der Waals surface area contributed by atoms with E-state index in [4.69, 9.17) is 4.74 Å². The van der Waals surface area contributed by atoms with E-state index in [-0.39, 0.29) is 78.9 Å². The average molecular weight is 1430 g/mol. The van der Waals surface area contributed by atoms with Crippen molar-refractivity contribution in [2.24, 2.45) is 0 Å². The molecule has 2 amide bonds. The Morgan fingerprint density at radius 1 is 0.618 bits per heavy atom. The number of benzene rings is 5. The number of morpholine rings is 1. The molecule has 459 valence electrons. The van der Waals surface area contributed by atoms with Crippen LogP contribution in [0.2, 0.25) is 0 Å². The van der Waals surface area contributed by atoms with Crippen molar-refractivity contribution in [2.75, 3.05) is 40.5 Å². The van der Waals surface area contributed by atoms with Gasteiger partial charge in [-0.25, -0.2) is 4.79 Å². The van der Waals surface area contributed by atoms with Gasteiger partial charge in [-0.3, -0.25) is 24.1 Å². The number of nitrogens with one attached hydrogen (secondary N) is 2. The van der Waals surface area contributed by atoms with Crippen LogP contribution >= 0.6 is 72.6 Å². The predicted molar refractivity (Wildman–Crippen MR) is 355 cm³/mol. The van der Waals surface area contributed by atoms with Gasteiger partial charge in [-0.05, 0) is 126 Å². The van der Waals surface area contributed by atoms with E-state index in [9.17, 15) is 44.1 Å². The van der Waals surface area contributed by atoms with E-state index >= 15 is 0 Å². The Balaban J connectivity index is 0.000000150. The molecule has 5 aromatic heterocycles. The molecule has 3 aliphatic rings. The number of carbonyl (C=O) groups is 6. The number of halogens is 1. The van der Waals surface area contributed by atoms with E-state index in [1.807, 2.05) is 114 Å². The topological polar surface area (TPSA) is 218 Å². The van der Waals surface area contributed by atoms with Gasteiger partial charge < -0.3 is 45.0 Å². The number of amides is 2. The molecule has 5 aromatic carbocycles. The van der Waals surface area contributed by atoms with Crippen LogP contribution in [-0.2, 0) is 84.2 Å². The zero-order valence-corrected chi connectivity index (χ0v) is 57.6. The number of hydrogen-bond acceptors (Lipinski definition) is 18. The molecule has 89 heavy (non-hydrogen) atoms. The van der Waals surface area contributed by atoms with Crippen LogP contribution in [0, 0.1) is 20.3 Å². The molecule has 0 bridgehead atoms. The molecule has 1 aliphatic heterocycles. The van der Waals surface area contributed by atoms with Crippen LogP contribution in [0.25, 0.3) is 30.3 Å². The van der Waals surface area contributed by atoms with Crippen LogP contribution in [0.5, 0.6) is 17.2 Å². The number of phenolic OH excluding ortho intramolecular Hbond substituents is 3. The minimum absolute atomic E-state index is 0. The van der Waals surface area contributed by atoms with Crippen molar-refractivity contribution in [3.8, 4) is 17.2 Å². The Hall–Kier alpha value is -6.63. The van der Waals surface area contributed by atoms with Crippen molar-refractivity contribution in [2.45, 2.75) is 63.5 Å². The molecule has 0 spiro atoms. The minimum Gasteiger partial charge on any atom is -0.506 e. The Kier molecular flexibility index (Phi) is 24.5. The molecule has 22 heteroatoms. The fourth-order valence-electron chi connectivity index (χ4n) is 9.78. The smallest absolute Gasteiger partial charge is 0.341 e. The molecule has 13 rings (SSSR count). The van der Waals surface area contributed by atoms with Gasteiger partial charge in [0.05, 0.1) is 38.6 Å². The Morgan fingerprint density at radius 2 is 1.11 bits per heavy atom.